The average Bonchev–Trinajstić information content (AvgIpc) is 2.79. The second-order valence-corrected chi connectivity index (χ2v) is 5.28. The molecule has 3 rings (SSSR count). The number of aryl methyl sites for hydroxylation is 1. The molecule has 0 aliphatic carbocycles. The lowest BCUT2D eigenvalue weighted by atomic mass is 10.3. The van der Waals surface area contributed by atoms with Crippen molar-refractivity contribution in [3.63, 3.8) is 0 Å². The molecule has 8 heteroatoms. The van der Waals surface area contributed by atoms with E-state index in [1.54, 1.807) is 31.2 Å². The van der Waals surface area contributed by atoms with Crippen LogP contribution in [0.25, 0.3) is 5.65 Å². The van der Waals surface area contributed by atoms with Crippen molar-refractivity contribution in [3.05, 3.63) is 58.9 Å². The number of hydrogen-bond donors (Lipinski definition) is 0. The zero-order valence-corrected chi connectivity index (χ0v) is 12.6. The molecule has 4 nitrogen and oxygen atoms in total. The zero-order chi connectivity index (χ0) is 16.6. The molecule has 23 heavy (non-hydrogen) atoms. The summed E-state index contributed by atoms with van der Waals surface area (Å²) in [5, 5.41) is 8.53. The maximum absolute atomic E-state index is 12.8. The lowest BCUT2D eigenvalue weighted by molar-refractivity contribution is -0.137. The maximum Gasteiger partial charge on any atom is 0.417 e. The number of rotatable bonds is 2. The van der Waals surface area contributed by atoms with Gasteiger partial charge in [0.2, 0.25) is 0 Å². The molecule has 0 aliphatic rings. The van der Waals surface area contributed by atoms with E-state index in [0.717, 1.165) is 12.3 Å². The Morgan fingerprint density at radius 2 is 1.91 bits per heavy atom. The largest absolute Gasteiger partial charge is 0.417 e. The van der Waals surface area contributed by atoms with Crippen LogP contribution in [0.2, 0.25) is 5.02 Å². The Morgan fingerprint density at radius 1 is 1.13 bits per heavy atom. The molecule has 0 unspecified atom stereocenters. The summed E-state index contributed by atoms with van der Waals surface area (Å²) in [5.41, 5.74) is 0.575. The summed E-state index contributed by atoms with van der Waals surface area (Å²) in [5.74, 6) is 0.242. The minimum absolute atomic E-state index is 0.242. The van der Waals surface area contributed by atoms with Crippen LogP contribution in [0.4, 0.5) is 24.7 Å². The summed E-state index contributed by atoms with van der Waals surface area (Å²) < 4.78 is 39.8. The molecule has 0 atom stereocenters. The van der Waals surface area contributed by atoms with Gasteiger partial charge in [-0.15, -0.1) is 10.2 Å². The van der Waals surface area contributed by atoms with Gasteiger partial charge in [0.25, 0.3) is 0 Å². The molecule has 0 N–H and O–H groups in total. The highest BCUT2D eigenvalue weighted by atomic mass is 35.5. The number of azo groups is 1. The molecule has 0 aliphatic heterocycles. The van der Waals surface area contributed by atoms with Gasteiger partial charge >= 0.3 is 6.18 Å². The Morgan fingerprint density at radius 3 is 2.61 bits per heavy atom. The number of hydrogen-bond acceptors (Lipinski definition) is 3. The molecule has 2 aromatic heterocycles. The Balaban J connectivity index is 2.07. The Bertz CT molecular complexity index is 899. The third-order valence-corrected chi connectivity index (χ3v) is 3.39. The number of nitrogens with zero attached hydrogens (tertiary/aromatic N) is 4. The fourth-order valence-electron chi connectivity index (χ4n) is 2.08. The van der Waals surface area contributed by atoms with Crippen LogP contribution in [0.1, 0.15) is 11.3 Å². The van der Waals surface area contributed by atoms with Gasteiger partial charge in [0.05, 0.1) is 16.9 Å². The standard InChI is InChI=1S/C15H10ClF3N4/c1-9-14(22-21-12-4-2-3-11(16)7-12)23-8-10(15(17,18)19)5-6-13(23)20-9/h2-8H,1H3. The van der Waals surface area contributed by atoms with Crippen LogP contribution in [0, 0.1) is 6.92 Å². The third kappa shape index (κ3) is 3.19. The van der Waals surface area contributed by atoms with E-state index in [2.05, 4.69) is 15.2 Å². The van der Waals surface area contributed by atoms with E-state index in [4.69, 9.17) is 11.6 Å². The molecule has 0 amide bonds. The number of pyridine rings is 1. The number of imidazole rings is 1. The second kappa shape index (κ2) is 5.66. The number of benzene rings is 1. The van der Waals surface area contributed by atoms with E-state index >= 15 is 0 Å². The van der Waals surface area contributed by atoms with Crippen molar-refractivity contribution < 1.29 is 13.2 Å². The van der Waals surface area contributed by atoms with Gasteiger partial charge in [0.15, 0.2) is 5.82 Å². The van der Waals surface area contributed by atoms with Crippen molar-refractivity contribution in [2.75, 3.05) is 0 Å². The minimum atomic E-state index is -4.44. The molecule has 1 aromatic carbocycles. The van der Waals surface area contributed by atoms with E-state index in [0.29, 0.717) is 22.1 Å². The highest BCUT2D eigenvalue weighted by Gasteiger charge is 2.31. The Labute approximate surface area is 134 Å². The first-order chi connectivity index (χ1) is 10.8. The van der Waals surface area contributed by atoms with Gasteiger partial charge in [0, 0.05) is 11.2 Å². The SMILES string of the molecule is Cc1nc2ccc(C(F)(F)F)cn2c1N=Nc1cccc(Cl)c1. The van der Waals surface area contributed by atoms with Gasteiger partial charge in [-0.2, -0.15) is 13.2 Å². The highest BCUT2D eigenvalue weighted by Crippen LogP contribution is 2.31. The Kier molecular flexibility index (Phi) is 3.81. The smallest absolute Gasteiger partial charge is 0.282 e. The van der Waals surface area contributed by atoms with Crippen LogP contribution in [0.3, 0.4) is 0 Å². The first-order valence-electron chi connectivity index (χ1n) is 6.58. The van der Waals surface area contributed by atoms with Crippen molar-refractivity contribution in [2.24, 2.45) is 10.2 Å². The second-order valence-electron chi connectivity index (χ2n) is 4.84. The van der Waals surface area contributed by atoms with Crippen LogP contribution in [0.5, 0.6) is 0 Å². The van der Waals surface area contributed by atoms with Crippen molar-refractivity contribution >= 4 is 28.8 Å². The quantitative estimate of drug-likeness (QED) is 0.550. The van der Waals surface area contributed by atoms with E-state index < -0.39 is 11.7 Å². The zero-order valence-electron chi connectivity index (χ0n) is 11.8. The summed E-state index contributed by atoms with van der Waals surface area (Å²) in [6.07, 6.45) is -3.48. The first-order valence-corrected chi connectivity index (χ1v) is 6.95. The fourth-order valence-corrected chi connectivity index (χ4v) is 2.27. The van der Waals surface area contributed by atoms with Crippen molar-refractivity contribution in [3.8, 4) is 0 Å². The molecule has 0 saturated heterocycles. The van der Waals surface area contributed by atoms with Crippen LogP contribution in [-0.4, -0.2) is 9.38 Å². The van der Waals surface area contributed by atoms with E-state index in [-0.39, 0.29) is 5.82 Å². The fraction of sp³-hybridized carbons (Fsp3) is 0.133. The normalized spacial score (nSPS) is 12.4. The molecule has 0 fully saturated rings. The van der Waals surface area contributed by atoms with Crippen LogP contribution < -0.4 is 0 Å². The van der Waals surface area contributed by atoms with Gasteiger partial charge in [-0.05, 0) is 37.3 Å². The topological polar surface area (TPSA) is 42.0 Å². The summed E-state index contributed by atoms with van der Waals surface area (Å²) in [4.78, 5) is 4.18. The van der Waals surface area contributed by atoms with Crippen LogP contribution in [-0.2, 0) is 6.18 Å². The molecule has 118 valence electrons. The van der Waals surface area contributed by atoms with Crippen molar-refractivity contribution in [2.45, 2.75) is 13.1 Å². The monoisotopic (exact) mass is 338 g/mol. The van der Waals surface area contributed by atoms with Crippen molar-refractivity contribution in [1.82, 2.24) is 9.38 Å². The molecule has 0 bridgehead atoms. The molecular formula is C15H10ClF3N4. The number of halogens is 4. The number of fused-ring (bicyclic) bond motifs is 1. The minimum Gasteiger partial charge on any atom is -0.282 e. The number of alkyl halides is 3. The molecule has 0 radical (unpaired) electrons. The van der Waals surface area contributed by atoms with Crippen molar-refractivity contribution in [1.29, 1.82) is 0 Å². The summed E-state index contributed by atoms with van der Waals surface area (Å²) >= 11 is 5.86. The lowest BCUT2D eigenvalue weighted by Crippen LogP contribution is -2.06. The summed E-state index contributed by atoms with van der Waals surface area (Å²) in [6, 6.07) is 8.98. The lowest BCUT2D eigenvalue weighted by Gasteiger charge is -2.06. The Hall–Kier alpha value is -2.41. The van der Waals surface area contributed by atoms with E-state index in [1.807, 2.05) is 0 Å². The van der Waals surface area contributed by atoms with E-state index in [1.165, 1.54) is 10.5 Å². The molecule has 0 saturated carbocycles. The van der Waals surface area contributed by atoms with E-state index in [9.17, 15) is 13.2 Å². The van der Waals surface area contributed by atoms with Gasteiger partial charge in [-0.25, -0.2) is 4.98 Å². The van der Waals surface area contributed by atoms with Gasteiger partial charge < -0.3 is 0 Å². The number of aromatic nitrogens is 2. The molecule has 2 heterocycles. The highest BCUT2D eigenvalue weighted by molar-refractivity contribution is 6.30. The van der Waals surface area contributed by atoms with Gasteiger partial charge in [-0.1, -0.05) is 17.7 Å². The van der Waals surface area contributed by atoms with Crippen LogP contribution in [0.15, 0.2) is 52.8 Å². The summed E-state index contributed by atoms with van der Waals surface area (Å²) in [7, 11) is 0. The molecular weight excluding hydrogens is 329 g/mol. The molecule has 3 aromatic rings. The maximum atomic E-state index is 12.8. The third-order valence-electron chi connectivity index (χ3n) is 3.16. The average molecular weight is 339 g/mol. The summed E-state index contributed by atoms with van der Waals surface area (Å²) in [6.45, 7) is 1.66. The van der Waals surface area contributed by atoms with Gasteiger partial charge in [0.1, 0.15) is 5.65 Å². The predicted octanol–water partition coefficient (Wildman–Crippen LogP) is 5.73. The van der Waals surface area contributed by atoms with Gasteiger partial charge in [-0.3, -0.25) is 4.40 Å². The van der Waals surface area contributed by atoms with Crippen LogP contribution >= 0.6 is 11.6 Å². The molecule has 0 spiro atoms. The first kappa shape index (κ1) is 15.5. The predicted molar refractivity (Wildman–Crippen MR) is 80.6 cm³/mol.